The summed E-state index contributed by atoms with van der Waals surface area (Å²) in [4.78, 5) is 93.9. The summed E-state index contributed by atoms with van der Waals surface area (Å²) in [7, 11) is 0. The Morgan fingerprint density at radius 2 is 1.82 bits per heavy atom. The highest BCUT2D eigenvalue weighted by Gasteiger charge is 2.65. The largest absolute Gasteiger partial charge is 0.504 e. The number of aromatic nitrogens is 1. The number of phenols is 2. The number of benzene rings is 1. The second-order valence-corrected chi connectivity index (χ2v) is 13.4. The number of nitrogen functional groups attached to an aromatic ring is 1. The van der Waals surface area contributed by atoms with Crippen LogP contribution in [0.25, 0.3) is 0 Å². The fourth-order valence-corrected chi connectivity index (χ4v) is 7.05. The molecule has 21 nitrogen and oxygen atoms in total. The molecule has 270 valence electrons. The Balaban J connectivity index is 1.11. The third kappa shape index (κ3) is 5.42. The lowest BCUT2D eigenvalue weighted by Gasteiger charge is -2.35. The molecule has 3 amide bonds. The number of rotatable bonds is 9. The normalized spacial score (nSPS) is 29.6. The van der Waals surface area contributed by atoms with E-state index in [-0.39, 0.29) is 46.5 Å². The van der Waals surface area contributed by atoms with Crippen molar-refractivity contribution in [2.24, 2.45) is 5.16 Å². The number of thiazole rings is 1. The van der Waals surface area contributed by atoms with Crippen LogP contribution in [0, 0.1) is 0 Å². The van der Waals surface area contributed by atoms with Gasteiger partial charge in [-0.3, -0.25) is 24.1 Å². The van der Waals surface area contributed by atoms with Crippen LogP contribution in [0.1, 0.15) is 59.9 Å². The number of anilines is 1. The number of cyclic esters (lactones) is 1. The quantitative estimate of drug-likeness (QED) is 0.0669. The van der Waals surface area contributed by atoms with Crippen LogP contribution >= 0.6 is 11.3 Å². The number of esters is 1. The predicted molar refractivity (Wildman–Crippen MR) is 162 cm³/mol. The van der Waals surface area contributed by atoms with E-state index < -0.39 is 101 Å². The van der Waals surface area contributed by atoms with E-state index in [4.69, 9.17) is 24.9 Å². The lowest BCUT2D eigenvalue weighted by atomic mass is 9.89. The van der Waals surface area contributed by atoms with Gasteiger partial charge >= 0.3 is 23.6 Å². The number of oxime groups is 1. The summed E-state index contributed by atoms with van der Waals surface area (Å²) in [5, 5.41) is 58.6. The van der Waals surface area contributed by atoms with Crippen molar-refractivity contribution in [2.75, 3.05) is 18.9 Å². The van der Waals surface area contributed by atoms with Crippen molar-refractivity contribution in [3.63, 3.8) is 0 Å². The summed E-state index contributed by atoms with van der Waals surface area (Å²) < 4.78 is 10.9. The molecule has 4 aliphatic heterocycles. The summed E-state index contributed by atoms with van der Waals surface area (Å²) in [6.07, 6.45) is -1.69. The van der Waals surface area contributed by atoms with Crippen molar-refractivity contribution < 1.29 is 73.4 Å². The molecule has 1 spiro atoms. The Morgan fingerprint density at radius 3 is 2.47 bits per heavy atom. The molecular weight excluding hydrogens is 704 g/mol. The van der Waals surface area contributed by atoms with Crippen LogP contribution < -0.4 is 11.1 Å². The number of aliphatic hydroxyl groups is 1. The molecule has 3 saturated heterocycles. The molecule has 1 aromatic carbocycles. The van der Waals surface area contributed by atoms with Gasteiger partial charge in [0.05, 0.1) is 24.2 Å². The first-order valence-corrected chi connectivity index (χ1v) is 16.1. The average molecular weight is 733 g/mol. The number of nitrogens with two attached hydrogens (primary N) is 1. The Hall–Kier alpha value is -5.58. The molecule has 4 unspecified atom stereocenters. The van der Waals surface area contributed by atoms with E-state index in [1.807, 2.05) is 0 Å². The zero-order valence-electron chi connectivity index (χ0n) is 26.0. The lowest BCUT2D eigenvalue weighted by Crippen LogP contribution is -2.57. The number of carbonyl (C=O) groups excluding carboxylic acids is 4. The first-order valence-electron chi connectivity index (χ1n) is 15.3. The number of carbonyl (C=O) groups is 6. The molecule has 1 aromatic heterocycles. The van der Waals surface area contributed by atoms with Gasteiger partial charge in [0.25, 0.3) is 17.7 Å². The number of hydrogen-bond donors (Lipinski definition) is 7. The maximum absolute atomic E-state index is 13.6. The third-order valence-electron chi connectivity index (χ3n) is 9.35. The first-order chi connectivity index (χ1) is 24.1. The molecule has 8 N–H and O–H groups in total. The number of carboxylic acids is 2. The lowest BCUT2D eigenvalue weighted by molar-refractivity contribution is -0.256. The van der Waals surface area contributed by atoms with Crippen molar-refractivity contribution in [3.8, 4) is 11.5 Å². The minimum absolute atomic E-state index is 0.0206. The molecule has 1 aliphatic carbocycles. The van der Waals surface area contributed by atoms with Gasteiger partial charge in [-0.2, -0.15) is 5.06 Å². The number of nitrogens with zero attached hydrogens (tertiary/aromatic N) is 4. The number of fused-ring (bicyclic) bond motifs is 1. The number of aliphatic hydroxyl groups excluding tert-OH is 1. The van der Waals surface area contributed by atoms with Gasteiger partial charge in [-0.05, 0) is 25.0 Å². The molecule has 0 radical (unpaired) electrons. The number of hydroxylamine groups is 2. The van der Waals surface area contributed by atoms with E-state index in [0.717, 1.165) is 23.5 Å². The molecular formula is C29H28N6O15S. The average Bonchev–Trinajstić information content (AvgIpc) is 3.32. The number of aromatic hydroxyl groups is 2. The van der Waals surface area contributed by atoms with Crippen molar-refractivity contribution in [1.29, 1.82) is 0 Å². The van der Waals surface area contributed by atoms with E-state index in [9.17, 15) is 54.3 Å². The SMILES string of the molecule is Nc1nc(/C(=N/OC2(C(=O)O)CCOC3(CC3)C2)C(=O)N[C@H]2CON(C3(C(=O)O)CC(N4C(=O)c5cc(O)c(O)cc5C4O)C(=O)O3)C2=O)cs1. The molecule has 5 heterocycles. The minimum Gasteiger partial charge on any atom is -0.504 e. The van der Waals surface area contributed by atoms with E-state index in [1.54, 1.807) is 0 Å². The number of hydrogen-bond acceptors (Lipinski definition) is 17. The highest BCUT2D eigenvalue weighted by atomic mass is 32.1. The van der Waals surface area contributed by atoms with Gasteiger partial charge < -0.3 is 50.9 Å². The second kappa shape index (κ2) is 11.8. The van der Waals surface area contributed by atoms with Gasteiger partial charge in [-0.25, -0.2) is 19.4 Å². The van der Waals surface area contributed by atoms with Gasteiger partial charge in [0.15, 0.2) is 28.6 Å². The minimum atomic E-state index is -2.88. The Labute approximate surface area is 288 Å². The van der Waals surface area contributed by atoms with Crippen LogP contribution in [0.2, 0.25) is 0 Å². The zero-order chi connectivity index (χ0) is 36.6. The fraction of sp³-hybridized carbons (Fsp3) is 0.448. The van der Waals surface area contributed by atoms with E-state index in [1.165, 1.54) is 5.38 Å². The third-order valence-corrected chi connectivity index (χ3v) is 10.0. The summed E-state index contributed by atoms with van der Waals surface area (Å²) >= 11 is 0.928. The molecule has 5 atom stereocenters. The highest BCUT2D eigenvalue weighted by Crippen LogP contribution is 2.51. The molecule has 22 heteroatoms. The van der Waals surface area contributed by atoms with Crippen LogP contribution in [-0.2, 0) is 43.1 Å². The van der Waals surface area contributed by atoms with Crippen molar-refractivity contribution in [1.82, 2.24) is 20.3 Å². The number of ether oxygens (including phenoxy) is 2. The molecule has 0 bridgehead atoms. The van der Waals surface area contributed by atoms with Gasteiger partial charge in [0.2, 0.25) is 5.60 Å². The van der Waals surface area contributed by atoms with Crippen molar-refractivity contribution in [2.45, 2.75) is 67.3 Å². The molecule has 5 aliphatic rings. The van der Waals surface area contributed by atoms with Crippen LogP contribution in [0.5, 0.6) is 11.5 Å². The smallest absolute Gasteiger partial charge is 0.372 e. The Morgan fingerprint density at radius 1 is 1.10 bits per heavy atom. The fourth-order valence-electron chi connectivity index (χ4n) is 6.50. The van der Waals surface area contributed by atoms with E-state index >= 15 is 0 Å². The Bertz CT molecular complexity index is 1930. The number of carboxylic acid groups (broad SMARTS) is 2. The Kier molecular flexibility index (Phi) is 7.81. The van der Waals surface area contributed by atoms with Gasteiger partial charge in [0.1, 0.15) is 24.4 Å². The van der Waals surface area contributed by atoms with E-state index in [0.29, 0.717) is 17.7 Å². The standard InChI is InChI=1S/C29H28N6O15S/c30-26-32-14(9-51-26)18(33-50-28(24(43)44)3-4-47-27(10-28)1-2-27)19(38)31-13-8-48-35(22(13)41)29(25(45)46)7-15(23(42)49-29)34-20(39)11-5-16(36)17(37)6-12(11)21(34)40/h5-6,9,13,15,20,36-37,39H,1-4,7-8,10H2,(H2,30,32)(H,31,38)(H,43,44)(H,45,46)/b33-18-/t13-,15?,20?,28?,29?/m0/s1. The summed E-state index contributed by atoms with van der Waals surface area (Å²) in [5.74, 6) is -9.26. The predicted octanol–water partition coefficient (Wildman–Crippen LogP) is -1.47. The molecule has 51 heavy (non-hydrogen) atoms. The van der Waals surface area contributed by atoms with Crippen LogP contribution in [0.4, 0.5) is 5.13 Å². The number of aliphatic carboxylic acids is 2. The maximum atomic E-state index is 13.6. The van der Waals surface area contributed by atoms with Gasteiger partial charge in [0, 0.05) is 23.8 Å². The van der Waals surface area contributed by atoms with Crippen LogP contribution in [0.15, 0.2) is 22.7 Å². The maximum Gasteiger partial charge on any atom is 0.372 e. The van der Waals surface area contributed by atoms with Crippen molar-refractivity contribution >= 4 is 57.8 Å². The molecule has 1 saturated carbocycles. The number of amides is 3. The van der Waals surface area contributed by atoms with Crippen LogP contribution in [0.3, 0.4) is 0 Å². The number of phenolic OH excluding ortho intramolecular Hbond substituents is 2. The monoisotopic (exact) mass is 732 g/mol. The first kappa shape index (κ1) is 33.9. The topological polar surface area (TPSA) is 310 Å². The zero-order valence-corrected chi connectivity index (χ0v) is 26.8. The summed E-state index contributed by atoms with van der Waals surface area (Å²) in [6.45, 7) is -0.609. The second-order valence-electron chi connectivity index (χ2n) is 12.6. The van der Waals surface area contributed by atoms with Gasteiger partial charge in [-0.15, -0.1) is 11.3 Å². The number of nitrogens with one attached hydrogen (secondary N) is 1. The highest BCUT2D eigenvalue weighted by molar-refractivity contribution is 7.13. The molecule has 4 fully saturated rings. The van der Waals surface area contributed by atoms with Gasteiger partial charge in [-0.1, -0.05) is 5.16 Å². The van der Waals surface area contributed by atoms with Crippen LogP contribution in [-0.4, -0.2) is 124 Å². The summed E-state index contributed by atoms with van der Waals surface area (Å²) in [5.41, 5.74) is -0.806. The van der Waals surface area contributed by atoms with E-state index in [2.05, 4.69) is 15.5 Å². The molecule has 7 rings (SSSR count). The molecule has 2 aromatic rings. The van der Waals surface area contributed by atoms with Crippen molar-refractivity contribution in [3.05, 3.63) is 34.3 Å². The summed E-state index contributed by atoms with van der Waals surface area (Å²) in [6, 6.07) is -1.65.